The van der Waals surface area contributed by atoms with E-state index in [0.717, 1.165) is 54.1 Å². The Morgan fingerprint density at radius 3 is 2.15 bits per heavy atom. The molecule has 1 aliphatic heterocycles. The van der Waals surface area contributed by atoms with Crippen molar-refractivity contribution in [3.8, 4) is 0 Å². The third-order valence-corrected chi connectivity index (χ3v) is 7.48. The summed E-state index contributed by atoms with van der Waals surface area (Å²) in [5, 5.41) is 13.6. The number of Topliss-reactive ketones (excluding diaryl/α,β-unsaturated/α-hetero) is 2. The minimum absolute atomic E-state index is 0.0520. The van der Waals surface area contributed by atoms with E-state index in [1.165, 1.54) is 0 Å². The Morgan fingerprint density at radius 2 is 1.51 bits per heavy atom. The lowest BCUT2D eigenvalue weighted by molar-refractivity contribution is 0.0985. The second kappa shape index (κ2) is 11.9. The second-order valence-corrected chi connectivity index (χ2v) is 10.6. The molecule has 0 amide bonds. The number of ketones is 2. The van der Waals surface area contributed by atoms with Crippen LogP contribution in [0.25, 0.3) is 0 Å². The van der Waals surface area contributed by atoms with Crippen molar-refractivity contribution in [2.24, 2.45) is 7.05 Å². The molecule has 200 valence electrons. The molecule has 6 nitrogen and oxygen atoms in total. The van der Waals surface area contributed by atoms with Gasteiger partial charge in [-0.3, -0.25) is 9.59 Å². The Balaban J connectivity index is 1.16. The molecule has 2 N–H and O–H groups in total. The van der Waals surface area contributed by atoms with E-state index in [1.54, 1.807) is 0 Å². The largest absolute Gasteiger partial charge is 0.393 e. The number of nitrogens with one attached hydrogen (secondary N) is 1. The number of benzene rings is 3. The first-order valence-corrected chi connectivity index (χ1v) is 13.6. The number of halogens is 1. The van der Waals surface area contributed by atoms with Crippen molar-refractivity contribution >= 4 is 40.2 Å². The predicted molar refractivity (Wildman–Crippen MR) is 157 cm³/mol. The molecular weight excluding hydrogens is 510 g/mol. The van der Waals surface area contributed by atoms with Gasteiger partial charge in [-0.25, -0.2) is 0 Å². The average molecular weight is 542 g/mol. The molecule has 0 atom stereocenters. The molecule has 1 saturated heterocycles. The molecule has 1 aromatic heterocycles. The third kappa shape index (κ3) is 6.77. The van der Waals surface area contributed by atoms with Crippen LogP contribution < -0.4 is 10.2 Å². The quantitative estimate of drug-likeness (QED) is 0.246. The van der Waals surface area contributed by atoms with E-state index < -0.39 is 0 Å². The monoisotopic (exact) mass is 541 g/mol. The van der Waals surface area contributed by atoms with Crippen LogP contribution in [0, 0.1) is 0 Å². The number of piperidine rings is 1. The number of aliphatic hydroxyl groups excluding tert-OH is 1. The molecule has 0 bridgehead atoms. The molecular formula is C32H32ClN3O3. The van der Waals surface area contributed by atoms with Crippen molar-refractivity contribution < 1.29 is 14.7 Å². The van der Waals surface area contributed by atoms with Gasteiger partial charge in [0.15, 0.2) is 11.6 Å². The van der Waals surface area contributed by atoms with Gasteiger partial charge in [0.05, 0.1) is 16.8 Å². The number of aliphatic hydroxyl groups is 1. The van der Waals surface area contributed by atoms with E-state index in [2.05, 4.69) is 10.2 Å². The van der Waals surface area contributed by atoms with Crippen LogP contribution in [0.15, 0.2) is 85.2 Å². The molecule has 39 heavy (non-hydrogen) atoms. The van der Waals surface area contributed by atoms with Gasteiger partial charge in [-0.2, -0.15) is 0 Å². The number of rotatable bonds is 9. The Morgan fingerprint density at radius 1 is 0.872 bits per heavy atom. The van der Waals surface area contributed by atoms with Gasteiger partial charge in [0.1, 0.15) is 0 Å². The smallest absolute Gasteiger partial charge is 0.168 e. The average Bonchev–Trinajstić information content (AvgIpc) is 3.38. The first-order chi connectivity index (χ1) is 18.8. The van der Waals surface area contributed by atoms with Crippen LogP contribution in [0.3, 0.4) is 0 Å². The molecule has 1 aliphatic rings. The molecule has 0 spiro atoms. The van der Waals surface area contributed by atoms with Crippen LogP contribution in [0.5, 0.6) is 0 Å². The predicted octanol–water partition coefficient (Wildman–Crippen LogP) is 6.23. The summed E-state index contributed by atoms with van der Waals surface area (Å²) in [4.78, 5) is 27.6. The van der Waals surface area contributed by atoms with Crippen molar-refractivity contribution in [2.45, 2.75) is 31.8 Å². The van der Waals surface area contributed by atoms with E-state index in [9.17, 15) is 14.7 Å². The minimum Gasteiger partial charge on any atom is -0.393 e. The van der Waals surface area contributed by atoms with E-state index in [-0.39, 0.29) is 24.1 Å². The highest BCUT2D eigenvalue weighted by Gasteiger charge is 2.17. The number of carbonyl (C=O) groups excluding carboxylic acids is 2. The molecule has 5 rings (SSSR count). The van der Waals surface area contributed by atoms with Gasteiger partial charge in [-0.1, -0.05) is 29.8 Å². The molecule has 0 unspecified atom stereocenters. The fourth-order valence-electron chi connectivity index (χ4n) is 4.86. The highest BCUT2D eigenvalue weighted by Crippen LogP contribution is 2.28. The van der Waals surface area contributed by atoms with E-state index in [1.807, 2.05) is 96.8 Å². The standard InChI is InChI=1S/C32H32ClN3O3/c1-35-15-12-25(21-35)32(39)20-23-4-11-30(29(33)18-23)34-26-7-2-22(3-8-26)19-31(38)24-5-9-27(10-6-24)36-16-13-28(37)14-17-36/h2-12,15,18,21,28,34,37H,13-14,16-17,19-20H2,1H3. The summed E-state index contributed by atoms with van der Waals surface area (Å²) < 4.78 is 1.86. The van der Waals surface area contributed by atoms with Gasteiger partial charge >= 0.3 is 0 Å². The van der Waals surface area contributed by atoms with Gasteiger partial charge in [0.2, 0.25) is 0 Å². The van der Waals surface area contributed by atoms with Gasteiger partial charge in [0, 0.05) is 67.9 Å². The highest BCUT2D eigenvalue weighted by atomic mass is 35.5. The van der Waals surface area contributed by atoms with E-state index in [0.29, 0.717) is 22.6 Å². The number of hydrogen-bond acceptors (Lipinski definition) is 5. The molecule has 3 aromatic carbocycles. The fraction of sp³-hybridized carbons (Fsp3) is 0.250. The summed E-state index contributed by atoms with van der Waals surface area (Å²) in [6.45, 7) is 1.66. The van der Waals surface area contributed by atoms with Crippen LogP contribution in [-0.4, -0.2) is 40.4 Å². The van der Waals surface area contributed by atoms with Gasteiger partial charge in [0.25, 0.3) is 0 Å². The van der Waals surface area contributed by atoms with Crippen LogP contribution in [0.2, 0.25) is 5.02 Å². The van der Waals surface area contributed by atoms with Crippen molar-refractivity contribution in [1.82, 2.24) is 4.57 Å². The molecule has 0 aliphatic carbocycles. The Labute approximate surface area is 233 Å². The summed E-state index contributed by atoms with van der Waals surface area (Å²) in [6.07, 6.45) is 5.63. The van der Waals surface area contributed by atoms with Crippen LogP contribution in [0.4, 0.5) is 17.1 Å². The number of nitrogens with zero attached hydrogens (tertiary/aromatic N) is 2. The summed E-state index contributed by atoms with van der Waals surface area (Å²) in [6, 6.07) is 22.9. The summed E-state index contributed by atoms with van der Waals surface area (Å²) in [5.74, 6) is 0.121. The van der Waals surface area contributed by atoms with E-state index in [4.69, 9.17) is 11.6 Å². The van der Waals surface area contributed by atoms with Crippen molar-refractivity contribution in [1.29, 1.82) is 0 Å². The molecule has 0 saturated carbocycles. The minimum atomic E-state index is -0.205. The second-order valence-electron chi connectivity index (χ2n) is 10.2. The first-order valence-electron chi connectivity index (χ1n) is 13.2. The normalized spacial score (nSPS) is 13.9. The molecule has 4 aromatic rings. The maximum atomic E-state index is 12.9. The number of carbonyl (C=O) groups is 2. The van der Waals surface area contributed by atoms with Crippen LogP contribution in [0.1, 0.15) is 44.7 Å². The highest BCUT2D eigenvalue weighted by molar-refractivity contribution is 6.33. The van der Waals surface area contributed by atoms with Gasteiger partial charge < -0.3 is 19.9 Å². The number of aryl methyl sites for hydroxylation is 1. The lowest BCUT2D eigenvalue weighted by atomic mass is 10.0. The van der Waals surface area contributed by atoms with Gasteiger partial charge in [-0.05, 0) is 78.6 Å². The zero-order valence-corrected chi connectivity index (χ0v) is 22.7. The Hall–Kier alpha value is -3.87. The zero-order chi connectivity index (χ0) is 27.4. The lowest BCUT2D eigenvalue weighted by Crippen LogP contribution is -2.35. The molecule has 0 radical (unpaired) electrons. The summed E-state index contributed by atoms with van der Waals surface area (Å²) >= 11 is 6.51. The first kappa shape index (κ1) is 26.7. The molecule has 7 heteroatoms. The lowest BCUT2D eigenvalue weighted by Gasteiger charge is -2.31. The number of aromatic nitrogens is 1. The van der Waals surface area contributed by atoms with Gasteiger partial charge in [-0.15, -0.1) is 0 Å². The maximum Gasteiger partial charge on any atom is 0.168 e. The molecule has 1 fully saturated rings. The fourth-order valence-corrected chi connectivity index (χ4v) is 5.11. The van der Waals surface area contributed by atoms with E-state index >= 15 is 0 Å². The third-order valence-electron chi connectivity index (χ3n) is 7.17. The van der Waals surface area contributed by atoms with Crippen molar-refractivity contribution in [2.75, 3.05) is 23.3 Å². The zero-order valence-electron chi connectivity index (χ0n) is 21.9. The van der Waals surface area contributed by atoms with Crippen molar-refractivity contribution in [3.63, 3.8) is 0 Å². The van der Waals surface area contributed by atoms with Crippen LogP contribution >= 0.6 is 11.6 Å². The topological polar surface area (TPSA) is 74.6 Å². The number of anilines is 3. The SMILES string of the molecule is Cn1ccc(C(=O)Cc2ccc(Nc3ccc(CC(=O)c4ccc(N5CCC(O)CC5)cc4)cc3)c(Cl)c2)c1. The Bertz CT molecular complexity index is 1450. The maximum absolute atomic E-state index is 12.9. The molecule has 2 heterocycles. The number of hydrogen-bond donors (Lipinski definition) is 2. The summed E-state index contributed by atoms with van der Waals surface area (Å²) in [7, 11) is 1.89. The Kier molecular flexibility index (Phi) is 8.15. The van der Waals surface area contributed by atoms with Crippen LogP contribution in [-0.2, 0) is 19.9 Å². The van der Waals surface area contributed by atoms with Crippen molar-refractivity contribution in [3.05, 3.63) is 112 Å². The summed E-state index contributed by atoms with van der Waals surface area (Å²) in [5.41, 5.74) is 5.86.